The van der Waals surface area contributed by atoms with Gasteiger partial charge in [0.05, 0.1) is 30.9 Å². The third-order valence-electron chi connectivity index (χ3n) is 4.65. The van der Waals surface area contributed by atoms with Gasteiger partial charge in [-0.15, -0.1) is 0 Å². The van der Waals surface area contributed by atoms with E-state index in [1.165, 1.54) is 12.8 Å². The van der Waals surface area contributed by atoms with Crippen LogP contribution in [-0.4, -0.2) is 49.8 Å². The molecule has 23 heavy (non-hydrogen) atoms. The molecule has 1 aliphatic heterocycles. The van der Waals surface area contributed by atoms with Crippen LogP contribution in [0, 0.1) is 0 Å². The van der Waals surface area contributed by atoms with Gasteiger partial charge in [0.25, 0.3) is 0 Å². The summed E-state index contributed by atoms with van der Waals surface area (Å²) in [5.41, 5.74) is 0.673. The van der Waals surface area contributed by atoms with Crippen molar-refractivity contribution in [1.82, 2.24) is 4.90 Å². The molecule has 126 valence electrons. The van der Waals surface area contributed by atoms with Crippen LogP contribution in [0.25, 0.3) is 0 Å². The zero-order valence-corrected chi connectivity index (χ0v) is 14.2. The Morgan fingerprint density at radius 3 is 2.91 bits per heavy atom. The van der Waals surface area contributed by atoms with Gasteiger partial charge >= 0.3 is 0 Å². The third kappa shape index (κ3) is 3.97. The minimum absolute atomic E-state index is 0.0120. The summed E-state index contributed by atoms with van der Waals surface area (Å²) >= 11 is 6.08. The van der Waals surface area contributed by atoms with Gasteiger partial charge in [0.15, 0.2) is 0 Å². The van der Waals surface area contributed by atoms with Gasteiger partial charge in [-0.1, -0.05) is 24.4 Å². The topological polar surface area (TPSA) is 50.8 Å². The van der Waals surface area contributed by atoms with Gasteiger partial charge in [0.2, 0.25) is 5.91 Å². The second kappa shape index (κ2) is 7.07. The Balaban J connectivity index is 1.55. The van der Waals surface area contributed by atoms with Gasteiger partial charge in [-0.25, -0.2) is 0 Å². The highest BCUT2D eigenvalue weighted by Crippen LogP contribution is 2.35. The average Bonchev–Trinajstić information content (AvgIpc) is 2.95. The molecule has 0 atom stereocenters. The van der Waals surface area contributed by atoms with E-state index < -0.39 is 0 Å². The highest BCUT2D eigenvalue weighted by atomic mass is 35.5. The molecule has 2 fully saturated rings. The van der Waals surface area contributed by atoms with Crippen molar-refractivity contribution in [2.45, 2.75) is 31.3 Å². The number of halogens is 1. The van der Waals surface area contributed by atoms with Gasteiger partial charge in [-0.05, 0) is 31.0 Å². The molecular formula is C17H23ClN2O3. The Morgan fingerprint density at radius 2 is 2.22 bits per heavy atom. The van der Waals surface area contributed by atoms with Crippen molar-refractivity contribution in [3.05, 3.63) is 23.2 Å². The molecule has 1 amide bonds. The largest absolute Gasteiger partial charge is 0.495 e. The average molecular weight is 339 g/mol. The summed E-state index contributed by atoms with van der Waals surface area (Å²) in [5, 5.41) is 3.39. The van der Waals surface area contributed by atoms with Crippen molar-refractivity contribution in [3.8, 4) is 5.75 Å². The minimum Gasteiger partial charge on any atom is -0.495 e. The number of nitrogens with one attached hydrogen (secondary N) is 1. The molecule has 0 bridgehead atoms. The number of ether oxygens (including phenoxy) is 2. The zero-order valence-electron chi connectivity index (χ0n) is 13.4. The van der Waals surface area contributed by atoms with Gasteiger partial charge in [0.1, 0.15) is 5.75 Å². The van der Waals surface area contributed by atoms with Crippen LogP contribution in [0.3, 0.4) is 0 Å². The van der Waals surface area contributed by atoms with E-state index in [4.69, 9.17) is 21.1 Å². The molecule has 1 saturated carbocycles. The van der Waals surface area contributed by atoms with Crippen LogP contribution in [0.2, 0.25) is 5.02 Å². The van der Waals surface area contributed by atoms with Gasteiger partial charge in [-0.3, -0.25) is 9.69 Å². The van der Waals surface area contributed by atoms with Crippen LogP contribution in [0.5, 0.6) is 5.75 Å². The molecule has 1 aromatic carbocycles. The maximum absolute atomic E-state index is 12.3. The van der Waals surface area contributed by atoms with Crippen molar-refractivity contribution >= 4 is 23.2 Å². The lowest BCUT2D eigenvalue weighted by molar-refractivity contribution is -0.126. The molecular weight excluding hydrogens is 316 g/mol. The fourth-order valence-corrected chi connectivity index (χ4v) is 3.79. The van der Waals surface area contributed by atoms with Gasteiger partial charge in [0, 0.05) is 18.8 Å². The van der Waals surface area contributed by atoms with E-state index in [9.17, 15) is 4.79 Å². The fourth-order valence-electron chi connectivity index (χ4n) is 3.53. The Bertz CT molecular complexity index is 573. The summed E-state index contributed by atoms with van der Waals surface area (Å²) in [5.74, 6) is 0.572. The van der Waals surface area contributed by atoms with E-state index in [-0.39, 0.29) is 11.5 Å². The van der Waals surface area contributed by atoms with Crippen molar-refractivity contribution in [2.75, 3.05) is 38.7 Å². The van der Waals surface area contributed by atoms with Crippen LogP contribution in [0.15, 0.2) is 18.2 Å². The fraction of sp³-hybridized carbons (Fsp3) is 0.588. The number of hydrogen-bond donors (Lipinski definition) is 1. The normalized spacial score (nSPS) is 20.6. The van der Waals surface area contributed by atoms with E-state index in [2.05, 4.69) is 10.2 Å². The molecule has 1 aromatic rings. The maximum atomic E-state index is 12.3. The Kier molecular flexibility index (Phi) is 5.09. The van der Waals surface area contributed by atoms with Crippen LogP contribution in [0.1, 0.15) is 25.7 Å². The lowest BCUT2D eigenvalue weighted by atomic mass is 10.00. The van der Waals surface area contributed by atoms with Crippen molar-refractivity contribution in [1.29, 1.82) is 0 Å². The SMILES string of the molecule is COc1ccc(NC(=O)CN2CCOC3(CCCC3)C2)cc1Cl. The van der Waals surface area contributed by atoms with Crippen molar-refractivity contribution in [2.24, 2.45) is 0 Å². The highest BCUT2D eigenvalue weighted by molar-refractivity contribution is 6.32. The van der Waals surface area contributed by atoms with Crippen LogP contribution in [-0.2, 0) is 9.53 Å². The Hall–Kier alpha value is -1.30. The number of rotatable bonds is 4. The number of morpholine rings is 1. The lowest BCUT2D eigenvalue weighted by Crippen LogP contribution is -2.52. The van der Waals surface area contributed by atoms with E-state index in [1.54, 1.807) is 25.3 Å². The predicted octanol–water partition coefficient (Wildman–Crippen LogP) is 2.93. The predicted molar refractivity (Wildman–Crippen MR) is 90.2 cm³/mol. The molecule has 1 saturated heterocycles. The first-order chi connectivity index (χ1) is 11.1. The summed E-state index contributed by atoms with van der Waals surface area (Å²) < 4.78 is 11.1. The summed E-state index contributed by atoms with van der Waals surface area (Å²) in [7, 11) is 1.57. The number of carbonyl (C=O) groups is 1. The first kappa shape index (κ1) is 16.6. The molecule has 1 spiro atoms. The molecule has 2 aliphatic rings. The number of methoxy groups -OCH3 is 1. The van der Waals surface area contributed by atoms with Gasteiger partial charge in [-0.2, -0.15) is 0 Å². The molecule has 0 unspecified atom stereocenters. The number of nitrogens with zero attached hydrogens (tertiary/aromatic N) is 1. The lowest BCUT2D eigenvalue weighted by Gasteiger charge is -2.40. The third-order valence-corrected chi connectivity index (χ3v) is 4.94. The summed E-state index contributed by atoms with van der Waals surface area (Å²) in [4.78, 5) is 14.5. The number of carbonyl (C=O) groups excluding carboxylic acids is 1. The Morgan fingerprint density at radius 1 is 1.43 bits per heavy atom. The molecule has 3 rings (SSSR count). The Labute approximate surface area is 141 Å². The molecule has 1 N–H and O–H groups in total. The van der Waals surface area contributed by atoms with E-state index in [0.29, 0.717) is 29.6 Å². The number of amides is 1. The van der Waals surface area contributed by atoms with Crippen molar-refractivity contribution in [3.63, 3.8) is 0 Å². The standard InChI is InChI=1S/C17H23ClN2O3/c1-22-15-5-4-13(10-14(15)18)19-16(21)11-20-8-9-23-17(12-20)6-2-3-7-17/h4-5,10H,2-3,6-9,11-12H2,1H3,(H,19,21). The van der Waals surface area contributed by atoms with E-state index in [0.717, 1.165) is 25.9 Å². The van der Waals surface area contributed by atoms with E-state index in [1.807, 2.05) is 0 Å². The maximum Gasteiger partial charge on any atom is 0.238 e. The first-order valence-corrected chi connectivity index (χ1v) is 8.48. The summed E-state index contributed by atoms with van der Waals surface area (Å²) in [6.07, 6.45) is 4.67. The van der Waals surface area contributed by atoms with Gasteiger partial charge < -0.3 is 14.8 Å². The van der Waals surface area contributed by atoms with Crippen LogP contribution < -0.4 is 10.1 Å². The molecule has 6 heteroatoms. The second-order valence-corrected chi connectivity index (χ2v) is 6.75. The molecule has 0 radical (unpaired) electrons. The molecule has 1 heterocycles. The summed E-state index contributed by atoms with van der Waals surface area (Å²) in [6, 6.07) is 5.25. The summed E-state index contributed by atoms with van der Waals surface area (Å²) in [6.45, 7) is 2.75. The molecule has 0 aromatic heterocycles. The quantitative estimate of drug-likeness (QED) is 0.917. The van der Waals surface area contributed by atoms with Crippen LogP contribution in [0.4, 0.5) is 5.69 Å². The van der Waals surface area contributed by atoms with E-state index >= 15 is 0 Å². The minimum atomic E-state index is -0.0266. The molecule has 1 aliphatic carbocycles. The number of benzene rings is 1. The first-order valence-electron chi connectivity index (χ1n) is 8.10. The smallest absolute Gasteiger partial charge is 0.238 e. The number of anilines is 1. The highest BCUT2D eigenvalue weighted by Gasteiger charge is 2.39. The monoisotopic (exact) mass is 338 g/mol. The molecule has 5 nitrogen and oxygen atoms in total. The zero-order chi connectivity index (χ0) is 16.3. The second-order valence-electron chi connectivity index (χ2n) is 6.35. The van der Waals surface area contributed by atoms with Crippen molar-refractivity contribution < 1.29 is 14.3 Å². The van der Waals surface area contributed by atoms with Crippen LogP contribution >= 0.6 is 11.6 Å². The number of hydrogen-bond acceptors (Lipinski definition) is 4.